The molecule has 2 heterocycles. The van der Waals surface area contributed by atoms with Crippen molar-refractivity contribution in [1.29, 1.82) is 0 Å². The third-order valence-electron chi connectivity index (χ3n) is 11.1. The predicted octanol–water partition coefficient (Wildman–Crippen LogP) is 9.61. The van der Waals surface area contributed by atoms with E-state index in [0.717, 1.165) is 33.4 Å². The quantitative estimate of drug-likeness (QED) is 0.0654. The Morgan fingerprint density at radius 3 is 1.45 bits per heavy atom. The van der Waals surface area contributed by atoms with E-state index in [2.05, 4.69) is 119 Å². The van der Waals surface area contributed by atoms with Crippen molar-refractivity contribution in [2.24, 2.45) is 5.92 Å². The highest BCUT2D eigenvalue weighted by atomic mass is 16.7. The number of aliphatic hydroxyl groups is 1. The summed E-state index contributed by atoms with van der Waals surface area (Å²) in [5, 5.41) is 15.3. The van der Waals surface area contributed by atoms with Crippen LogP contribution in [-0.4, -0.2) is 51.2 Å². The van der Waals surface area contributed by atoms with Crippen LogP contribution in [0.1, 0.15) is 46.7 Å². The van der Waals surface area contributed by atoms with E-state index in [-0.39, 0.29) is 12.6 Å². The number of benzene rings is 6. The van der Waals surface area contributed by atoms with Crippen LogP contribution in [0.2, 0.25) is 0 Å². The SMILES string of the molecule is CCOC(OC(c1ccccc1)(c1ccccc1)c1ccccc1)C(CO)CCn1c(NC(c2ccccc2)(c2ccccc2)c2ccccc2)nc2cnc(OC)nc21. The topological polar surface area (TPSA) is 104 Å². The van der Waals surface area contributed by atoms with E-state index in [0.29, 0.717) is 36.7 Å². The van der Waals surface area contributed by atoms with Gasteiger partial charge in [-0.25, -0.2) is 9.97 Å². The summed E-state index contributed by atoms with van der Waals surface area (Å²) < 4.78 is 21.5. The number of fused-ring (bicyclic) bond motifs is 1. The first kappa shape index (κ1) is 40.1. The fourth-order valence-corrected chi connectivity index (χ4v) is 8.19. The molecular formula is C51H49N5O4. The average molecular weight is 796 g/mol. The summed E-state index contributed by atoms with van der Waals surface area (Å²) in [4.78, 5) is 14.4. The Morgan fingerprint density at radius 2 is 1.05 bits per heavy atom. The monoisotopic (exact) mass is 795 g/mol. The van der Waals surface area contributed by atoms with Crippen LogP contribution in [-0.2, 0) is 27.2 Å². The Morgan fingerprint density at radius 1 is 0.617 bits per heavy atom. The van der Waals surface area contributed by atoms with Crippen LogP contribution in [0.25, 0.3) is 11.2 Å². The summed E-state index contributed by atoms with van der Waals surface area (Å²) in [6.07, 6.45) is 1.30. The molecule has 8 rings (SSSR count). The van der Waals surface area contributed by atoms with Gasteiger partial charge in [0.15, 0.2) is 11.9 Å². The van der Waals surface area contributed by atoms with E-state index < -0.39 is 23.3 Å². The highest BCUT2D eigenvalue weighted by molar-refractivity contribution is 5.75. The molecule has 0 aliphatic rings. The van der Waals surface area contributed by atoms with Gasteiger partial charge in [-0.15, -0.1) is 0 Å². The number of ether oxygens (including phenoxy) is 3. The van der Waals surface area contributed by atoms with Crippen molar-refractivity contribution < 1.29 is 19.3 Å². The summed E-state index contributed by atoms with van der Waals surface area (Å²) in [5.41, 5.74) is 5.17. The van der Waals surface area contributed by atoms with Crippen molar-refractivity contribution in [3.63, 3.8) is 0 Å². The average Bonchev–Trinajstić information content (AvgIpc) is 3.67. The predicted molar refractivity (Wildman–Crippen MR) is 236 cm³/mol. The molecule has 0 aliphatic carbocycles. The van der Waals surface area contributed by atoms with Gasteiger partial charge in [-0.1, -0.05) is 182 Å². The van der Waals surface area contributed by atoms with Crippen LogP contribution in [0.4, 0.5) is 5.95 Å². The zero-order valence-electron chi connectivity index (χ0n) is 33.8. The van der Waals surface area contributed by atoms with Gasteiger partial charge < -0.3 is 24.6 Å². The van der Waals surface area contributed by atoms with E-state index in [9.17, 15) is 5.11 Å². The number of rotatable bonds is 18. The van der Waals surface area contributed by atoms with Gasteiger partial charge in [-0.3, -0.25) is 4.57 Å². The lowest BCUT2D eigenvalue weighted by Gasteiger charge is -2.40. The van der Waals surface area contributed by atoms with Gasteiger partial charge in [0.1, 0.15) is 16.7 Å². The van der Waals surface area contributed by atoms with Crippen LogP contribution >= 0.6 is 0 Å². The zero-order chi connectivity index (χ0) is 41.2. The van der Waals surface area contributed by atoms with Crippen molar-refractivity contribution in [2.75, 3.05) is 25.6 Å². The standard InChI is InChI=1S/C51H49N5O4/c1-3-59-47(60-51(42-28-16-7-17-29-42,43-30-18-8-19-31-43)44-32-20-9-21-33-44)38(37-57)34-35-56-46-45(36-52-49(54-46)58-2)53-48(56)55-50(39-22-10-4-11-23-39,40-24-12-5-13-25-40)41-26-14-6-15-27-41/h4-33,36,38,47,57H,3,34-35,37H2,1-2H3,(H,53,55). The minimum absolute atomic E-state index is 0.200. The van der Waals surface area contributed by atoms with Crippen LogP contribution in [0, 0.1) is 5.92 Å². The normalized spacial score (nSPS) is 12.8. The molecular weight excluding hydrogens is 747 g/mol. The van der Waals surface area contributed by atoms with Gasteiger partial charge in [0, 0.05) is 19.1 Å². The number of anilines is 1. The van der Waals surface area contributed by atoms with Crippen LogP contribution in [0.3, 0.4) is 0 Å². The Bertz CT molecular complexity index is 2350. The molecule has 302 valence electrons. The molecule has 60 heavy (non-hydrogen) atoms. The highest BCUT2D eigenvalue weighted by Gasteiger charge is 2.42. The van der Waals surface area contributed by atoms with E-state index in [1.54, 1.807) is 13.3 Å². The Kier molecular flexibility index (Phi) is 12.4. The van der Waals surface area contributed by atoms with Crippen molar-refractivity contribution in [2.45, 2.75) is 37.3 Å². The fraction of sp³-hybridized carbons (Fsp3) is 0.196. The van der Waals surface area contributed by atoms with E-state index in [1.807, 2.05) is 84.3 Å². The van der Waals surface area contributed by atoms with Gasteiger partial charge in [-0.2, -0.15) is 4.98 Å². The maximum atomic E-state index is 11.3. The summed E-state index contributed by atoms with van der Waals surface area (Å²) in [7, 11) is 1.55. The number of nitrogens with zero attached hydrogens (tertiary/aromatic N) is 4. The molecule has 9 heteroatoms. The largest absolute Gasteiger partial charge is 0.467 e. The molecule has 2 atom stereocenters. The van der Waals surface area contributed by atoms with E-state index in [1.165, 1.54) is 0 Å². The second kappa shape index (κ2) is 18.5. The molecule has 0 fully saturated rings. The van der Waals surface area contributed by atoms with E-state index in [4.69, 9.17) is 24.2 Å². The minimum Gasteiger partial charge on any atom is -0.467 e. The van der Waals surface area contributed by atoms with Gasteiger partial charge in [0.05, 0.1) is 19.9 Å². The van der Waals surface area contributed by atoms with Crippen molar-refractivity contribution in [3.8, 4) is 6.01 Å². The molecule has 0 radical (unpaired) electrons. The first-order chi connectivity index (χ1) is 29.6. The molecule has 0 aliphatic heterocycles. The third-order valence-corrected chi connectivity index (χ3v) is 11.1. The molecule has 0 spiro atoms. The Labute approximate surface area is 351 Å². The number of hydrogen-bond donors (Lipinski definition) is 2. The van der Waals surface area contributed by atoms with Crippen molar-refractivity contribution >= 4 is 17.1 Å². The molecule has 6 aromatic carbocycles. The lowest BCUT2D eigenvalue weighted by Crippen LogP contribution is -2.42. The Hall–Kier alpha value is -6.65. The number of hydrogen-bond acceptors (Lipinski definition) is 8. The molecule has 8 aromatic rings. The van der Waals surface area contributed by atoms with Gasteiger partial charge in [0.25, 0.3) is 0 Å². The molecule has 0 saturated carbocycles. The fourth-order valence-electron chi connectivity index (χ4n) is 8.19. The van der Waals surface area contributed by atoms with E-state index >= 15 is 0 Å². The highest BCUT2D eigenvalue weighted by Crippen LogP contribution is 2.44. The lowest BCUT2D eigenvalue weighted by atomic mass is 9.77. The number of methoxy groups -OCH3 is 1. The first-order valence-electron chi connectivity index (χ1n) is 20.4. The lowest BCUT2D eigenvalue weighted by molar-refractivity contribution is -0.219. The summed E-state index contributed by atoms with van der Waals surface area (Å²) in [6.45, 7) is 2.51. The first-order valence-corrected chi connectivity index (χ1v) is 20.4. The second-order valence-corrected chi connectivity index (χ2v) is 14.6. The summed E-state index contributed by atoms with van der Waals surface area (Å²) in [5.74, 6) is 0.0958. The molecule has 2 unspecified atom stereocenters. The van der Waals surface area contributed by atoms with Crippen molar-refractivity contribution in [3.05, 3.63) is 222 Å². The molecule has 2 aromatic heterocycles. The van der Waals surface area contributed by atoms with Crippen molar-refractivity contribution in [1.82, 2.24) is 19.5 Å². The van der Waals surface area contributed by atoms with Crippen LogP contribution in [0.5, 0.6) is 6.01 Å². The van der Waals surface area contributed by atoms with Crippen LogP contribution < -0.4 is 10.1 Å². The summed E-state index contributed by atoms with van der Waals surface area (Å²) >= 11 is 0. The molecule has 0 bridgehead atoms. The number of imidazole rings is 1. The van der Waals surface area contributed by atoms with Gasteiger partial charge in [-0.05, 0) is 46.7 Å². The number of aryl methyl sites for hydroxylation is 1. The molecule has 2 N–H and O–H groups in total. The minimum atomic E-state index is -1.06. The number of aromatic nitrogens is 4. The van der Waals surface area contributed by atoms with Gasteiger partial charge >= 0.3 is 6.01 Å². The Balaban J connectivity index is 1.23. The maximum Gasteiger partial charge on any atom is 0.318 e. The number of nitrogens with one attached hydrogen (secondary N) is 1. The molecule has 0 saturated heterocycles. The molecule has 0 amide bonds. The van der Waals surface area contributed by atoms with Crippen LogP contribution in [0.15, 0.2) is 188 Å². The summed E-state index contributed by atoms with van der Waals surface area (Å²) in [6, 6.07) is 62.0. The maximum absolute atomic E-state index is 11.3. The molecule has 9 nitrogen and oxygen atoms in total. The third kappa shape index (κ3) is 7.90. The second-order valence-electron chi connectivity index (χ2n) is 14.6. The number of aliphatic hydroxyl groups excluding tert-OH is 1. The zero-order valence-corrected chi connectivity index (χ0v) is 33.8. The smallest absolute Gasteiger partial charge is 0.318 e. The van der Waals surface area contributed by atoms with Gasteiger partial charge in [0.2, 0.25) is 5.95 Å².